The van der Waals surface area contributed by atoms with Crippen LogP contribution in [0.4, 0.5) is 13.2 Å². The molecule has 2 atom stereocenters. The van der Waals surface area contributed by atoms with Crippen molar-refractivity contribution in [2.24, 2.45) is 11.8 Å². The van der Waals surface area contributed by atoms with E-state index >= 15 is 0 Å². The van der Waals surface area contributed by atoms with Gasteiger partial charge in [0.05, 0.1) is 32.3 Å². The maximum Gasteiger partial charge on any atom is 0.416 e. The maximum absolute atomic E-state index is 13.3. The Morgan fingerprint density at radius 2 is 1.77 bits per heavy atom. The minimum atomic E-state index is -4.44. The molecule has 1 N–H and O–H groups in total. The van der Waals surface area contributed by atoms with Crippen LogP contribution < -0.4 is 19.5 Å². The van der Waals surface area contributed by atoms with E-state index in [9.17, 15) is 18.0 Å². The third-order valence-electron chi connectivity index (χ3n) is 6.70. The van der Waals surface area contributed by atoms with E-state index in [1.807, 2.05) is 24.3 Å². The molecule has 0 aliphatic carbocycles. The molecule has 2 aromatic carbocycles. The van der Waals surface area contributed by atoms with E-state index < -0.39 is 11.7 Å². The van der Waals surface area contributed by atoms with E-state index in [2.05, 4.69) is 15.2 Å². The number of pyridine rings is 1. The molecule has 0 radical (unpaired) electrons. The zero-order valence-corrected chi connectivity index (χ0v) is 21.9. The summed E-state index contributed by atoms with van der Waals surface area (Å²) in [7, 11) is 3.12. The molecule has 39 heavy (non-hydrogen) atoms. The zero-order valence-electron chi connectivity index (χ0n) is 21.9. The molecule has 208 valence electrons. The molecule has 7 nitrogen and oxygen atoms in total. The molecule has 0 unspecified atom stereocenters. The number of rotatable bonds is 10. The van der Waals surface area contributed by atoms with Gasteiger partial charge in [0.1, 0.15) is 5.75 Å². The third kappa shape index (κ3) is 7.86. The number of nitrogens with one attached hydrogen (secondary N) is 1. The molecular formula is C29H32F3N3O4. The molecule has 3 aromatic rings. The van der Waals surface area contributed by atoms with E-state index in [0.29, 0.717) is 44.1 Å². The van der Waals surface area contributed by atoms with Gasteiger partial charge in [0.15, 0.2) is 11.5 Å². The van der Waals surface area contributed by atoms with Crippen LogP contribution in [0, 0.1) is 11.8 Å². The number of likely N-dealkylation sites (tertiary alicyclic amines) is 1. The average Bonchev–Trinajstić information content (AvgIpc) is 2.94. The Morgan fingerprint density at radius 1 is 1.00 bits per heavy atom. The van der Waals surface area contributed by atoms with E-state index in [-0.39, 0.29) is 30.1 Å². The molecule has 0 spiro atoms. The van der Waals surface area contributed by atoms with Crippen LogP contribution in [0.5, 0.6) is 17.2 Å². The Labute approximate surface area is 225 Å². The number of halogens is 3. The first-order valence-electron chi connectivity index (χ1n) is 12.6. The number of piperidine rings is 1. The van der Waals surface area contributed by atoms with Crippen molar-refractivity contribution in [2.75, 3.05) is 33.9 Å². The van der Waals surface area contributed by atoms with Crippen LogP contribution >= 0.6 is 0 Å². The first-order chi connectivity index (χ1) is 18.7. The van der Waals surface area contributed by atoms with Gasteiger partial charge in [-0.1, -0.05) is 12.1 Å². The number of carbonyl (C=O) groups is 1. The van der Waals surface area contributed by atoms with Gasteiger partial charge in [0, 0.05) is 44.5 Å². The quantitative estimate of drug-likeness (QED) is 0.390. The van der Waals surface area contributed by atoms with Crippen molar-refractivity contribution in [1.29, 1.82) is 0 Å². The summed E-state index contributed by atoms with van der Waals surface area (Å²) in [5, 5.41) is 3.02. The second kappa shape index (κ2) is 12.8. The number of nitrogens with zero attached hydrogens (tertiary/aromatic N) is 2. The molecule has 1 amide bonds. The molecule has 10 heteroatoms. The molecule has 2 heterocycles. The van der Waals surface area contributed by atoms with Gasteiger partial charge >= 0.3 is 6.18 Å². The number of alkyl halides is 3. The SMILES string of the molecule is COc1ccc(CNC(=O)[C@@H]2C[C@H](COc3cccc(C(F)(F)F)c3)CN(Cc3ccncc3)C2)cc1OC. The first kappa shape index (κ1) is 28.2. The van der Waals surface area contributed by atoms with Crippen molar-refractivity contribution in [3.63, 3.8) is 0 Å². The highest BCUT2D eigenvalue weighted by molar-refractivity contribution is 5.79. The summed E-state index contributed by atoms with van der Waals surface area (Å²) < 4.78 is 55.7. The molecule has 1 aromatic heterocycles. The summed E-state index contributed by atoms with van der Waals surface area (Å²) in [6.07, 6.45) is -0.437. The number of aromatic nitrogens is 1. The minimum absolute atomic E-state index is 0.0491. The van der Waals surface area contributed by atoms with Gasteiger partial charge in [-0.3, -0.25) is 14.7 Å². The lowest BCUT2D eigenvalue weighted by atomic mass is 9.88. The van der Waals surface area contributed by atoms with Crippen LogP contribution in [0.1, 0.15) is 23.1 Å². The maximum atomic E-state index is 13.3. The Bertz CT molecular complexity index is 1240. The number of hydrogen-bond donors (Lipinski definition) is 1. The average molecular weight is 544 g/mol. The lowest BCUT2D eigenvalue weighted by molar-refractivity contribution is -0.137. The monoisotopic (exact) mass is 543 g/mol. The largest absolute Gasteiger partial charge is 0.493 e. The molecule has 0 bridgehead atoms. The number of methoxy groups -OCH3 is 2. The fourth-order valence-electron chi connectivity index (χ4n) is 4.79. The van der Waals surface area contributed by atoms with Gasteiger partial charge in [-0.2, -0.15) is 13.2 Å². The molecule has 0 saturated carbocycles. The van der Waals surface area contributed by atoms with Crippen molar-refractivity contribution in [3.05, 3.63) is 83.7 Å². The molecule has 1 aliphatic heterocycles. The van der Waals surface area contributed by atoms with E-state index in [1.54, 1.807) is 32.7 Å². The van der Waals surface area contributed by atoms with E-state index in [0.717, 1.165) is 23.3 Å². The van der Waals surface area contributed by atoms with Crippen LogP contribution in [0.2, 0.25) is 0 Å². The normalized spacial score (nSPS) is 17.9. The first-order valence-corrected chi connectivity index (χ1v) is 12.6. The van der Waals surface area contributed by atoms with Crippen LogP contribution in [0.25, 0.3) is 0 Å². The highest BCUT2D eigenvalue weighted by atomic mass is 19.4. The Balaban J connectivity index is 1.42. The smallest absolute Gasteiger partial charge is 0.416 e. The Hall–Kier alpha value is -3.79. The lowest BCUT2D eigenvalue weighted by Crippen LogP contribution is -2.47. The molecule has 1 saturated heterocycles. The topological polar surface area (TPSA) is 72.9 Å². The standard InChI is InChI=1S/C29H32F3N3O4/c1-37-26-7-6-21(13-27(26)38-2)15-34-28(36)23-12-22(17-35(18-23)16-20-8-10-33-11-9-20)19-39-25-5-3-4-24(14-25)29(30,31)32/h3-11,13-14,22-23H,12,15-19H2,1-2H3,(H,34,36)/t22-,23+/m0/s1. The lowest BCUT2D eigenvalue weighted by Gasteiger charge is -2.37. The summed E-state index contributed by atoms with van der Waals surface area (Å²) in [6.45, 7) is 2.36. The van der Waals surface area contributed by atoms with Crippen LogP contribution in [-0.4, -0.2) is 49.7 Å². The van der Waals surface area contributed by atoms with Crippen molar-refractivity contribution < 1.29 is 32.2 Å². The minimum Gasteiger partial charge on any atom is -0.493 e. The molecule has 1 fully saturated rings. The van der Waals surface area contributed by atoms with Crippen molar-refractivity contribution in [3.8, 4) is 17.2 Å². The van der Waals surface area contributed by atoms with Crippen molar-refractivity contribution >= 4 is 5.91 Å². The highest BCUT2D eigenvalue weighted by Gasteiger charge is 2.33. The number of benzene rings is 2. The van der Waals surface area contributed by atoms with Crippen molar-refractivity contribution in [1.82, 2.24) is 15.2 Å². The van der Waals surface area contributed by atoms with Gasteiger partial charge in [0.2, 0.25) is 5.91 Å². The van der Waals surface area contributed by atoms with Gasteiger partial charge in [0.25, 0.3) is 0 Å². The molecular weight excluding hydrogens is 511 g/mol. The van der Waals surface area contributed by atoms with E-state index in [1.165, 1.54) is 12.1 Å². The van der Waals surface area contributed by atoms with E-state index in [4.69, 9.17) is 14.2 Å². The number of amides is 1. The Kier molecular flexibility index (Phi) is 9.29. The predicted octanol–water partition coefficient (Wildman–Crippen LogP) is 4.95. The summed E-state index contributed by atoms with van der Waals surface area (Å²) in [6, 6.07) is 14.2. The summed E-state index contributed by atoms with van der Waals surface area (Å²) in [5.74, 6) is 0.897. The summed E-state index contributed by atoms with van der Waals surface area (Å²) in [5.41, 5.74) is 1.18. The van der Waals surface area contributed by atoms with Gasteiger partial charge in [-0.15, -0.1) is 0 Å². The van der Waals surface area contributed by atoms with Gasteiger partial charge in [-0.25, -0.2) is 0 Å². The number of ether oxygens (including phenoxy) is 3. The van der Waals surface area contributed by atoms with Crippen molar-refractivity contribution in [2.45, 2.75) is 25.7 Å². The fraction of sp³-hybridized carbons (Fsp3) is 0.379. The summed E-state index contributed by atoms with van der Waals surface area (Å²) >= 11 is 0. The van der Waals surface area contributed by atoms with Crippen LogP contribution in [-0.2, 0) is 24.1 Å². The number of carbonyl (C=O) groups excluding carboxylic acids is 1. The second-order valence-corrected chi connectivity index (χ2v) is 9.59. The van der Waals surface area contributed by atoms with Crippen LogP contribution in [0.3, 0.4) is 0 Å². The molecule has 1 aliphatic rings. The van der Waals surface area contributed by atoms with Gasteiger partial charge in [-0.05, 0) is 60.0 Å². The molecule has 4 rings (SSSR count). The zero-order chi connectivity index (χ0) is 27.8. The predicted molar refractivity (Wildman–Crippen MR) is 139 cm³/mol. The third-order valence-corrected chi connectivity index (χ3v) is 6.70. The van der Waals surface area contributed by atoms with Gasteiger partial charge < -0.3 is 19.5 Å². The highest BCUT2D eigenvalue weighted by Crippen LogP contribution is 2.32. The number of hydrogen-bond acceptors (Lipinski definition) is 6. The second-order valence-electron chi connectivity index (χ2n) is 9.59. The fourth-order valence-corrected chi connectivity index (χ4v) is 4.79. The Morgan fingerprint density at radius 3 is 2.49 bits per heavy atom. The van der Waals surface area contributed by atoms with Crippen LogP contribution in [0.15, 0.2) is 67.0 Å². The summed E-state index contributed by atoms with van der Waals surface area (Å²) in [4.78, 5) is 19.5.